The van der Waals surface area contributed by atoms with Gasteiger partial charge in [-0.1, -0.05) is 36.4 Å². The van der Waals surface area contributed by atoms with Gasteiger partial charge in [0.2, 0.25) is 5.91 Å². The van der Waals surface area contributed by atoms with Crippen LogP contribution in [-0.2, 0) is 4.79 Å². The highest BCUT2D eigenvalue weighted by Crippen LogP contribution is 2.32. The van der Waals surface area contributed by atoms with Crippen LogP contribution < -0.4 is 20.1 Å². The molecule has 2 atom stereocenters. The maximum absolute atomic E-state index is 12.6. The van der Waals surface area contributed by atoms with E-state index in [4.69, 9.17) is 13.9 Å². The zero-order chi connectivity index (χ0) is 20.1. The normalized spacial score (nSPS) is 14.8. The lowest BCUT2D eigenvalue weighted by molar-refractivity contribution is -0.121. The van der Waals surface area contributed by atoms with Crippen LogP contribution in [0.3, 0.4) is 0 Å². The number of carbonyl (C=O) groups is 1. The van der Waals surface area contributed by atoms with Gasteiger partial charge < -0.3 is 19.2 Å². The number of furan rings is 1. The zero-order valence-corrected chi connectivity index (χ0v) is 16.3. The molecule has 29 heavy (non-hydrogen) atoms. The Morgan fingerprint density at radius 1 is 0.966 bits per heavy atom. The Morgan fingerprint density at radius 2 is 1.76 bits per heavy atom. The Balaban J connectivity index is 1.38. The second-order valence-corrected chi connectivity index (χ2v) is 6.93. The number of ether oxygens (including phenoxy) is 2. The molecular formula is C23H24N2O4. The van der Waals surface area contributed by atoms with Crippen LogP contribution in [0.15, 0.2) is 71.3 Å². The fourth-order valence-corrected chi connectivity index (χ4v) is 3.38. The van der Waals surface area contributed by atoms with Crippen molar-refractivity contribution in [3.05, 3.63) is 83.8 Å². The highest BCUT2D eigenvalue weighted by atomic mass is 16.6. The quantitative estimate of drug-likeness (QED) is 0.643. The summed E-state index contributed by atoms with van der Waals surface area (Å²) < 4.78 is 16.7. The molecule has 2 heterocycles. The predicted octanol–water partition coefficient (Wildman–Crippen LogP) is 3.61. The van der Waals surface area contributed by atoms with E-state index in [0.29, 0.717) is 13.2 Å². The average Bonchev–Trinajstić information content (AvgIpc) is 3.29. The van der Waals surface area contributed by atoms with Gasteiger partial charge in [0, 0.05) is 0 Å². The molecule has 0 saturated carbocycles. The van der Waals surface area contributed by atoms with Gasteiger partial charge in [-0.25, -0.2) is 0 Å². The van der Waals surface area contributed by atoms with Crippen LogP contribution in [0.25, 0.3) is 0 Å². The van der Waals surface area contributed by atoms with Crippen LogP contribution in [0.1, 0.15) is 35.9 Å². The van der Waals surface area contributed by atoms with E-state index in [1.54, 1.807) is 6.26 Å². The topological polar surface area (TPSA) is 72.7 Å². The molecule has 1 aliphatic heterocycles. The molecule has 0 radical (unpaired) electrons. The standard InChI is InChI=1S/C23H24N2O4/c1-16(18-9-10-19-21(14-18)29-13-12-28-19)25-22(26)15-24-23(20-8-5-11-27-20)17-6-3-2-4-7-17/h2-11,14,16,23-24H,12-13,15H2,1H3,(H,25,26)/t16-,23-/m0/s1. The molecule has 1 amide bonds. The number of hydrogen-bond donors (Lipinski definition) is 2. The first-order valence-electron chi connectivity index (χ1n) is 9.71. The monoisotopic (exact) mass is 392 g/mol. The maximum atomic E-state index is 12.6. The minimum Gasteiger partial charge on any atom is -0.486 e. The molecule has 0 spiro atoms. The van der Waals surface area contributed by atoms with Gasteiger partial charge in [0.05, 0.1) is 24.9 Å². The third kappa shape index (κ3) is 4.60. The summed E-state index contributed by atoms with van der Waals surface area (Å²) in [5.74, 6) is 2.13. The summed E-state index contributed by atoms with van der Waals surface area (Å²) in [5, 5.41) is 6.32. The highest BCUT2D eigenvalue weighted by Gasteiger charge is 2.19. The number of rotatable bonds is 7. The minimum atomic E-state index is -0.193. The van der Waals surface area contributed by atoms with Gasteiger partial charge in [-0.2, -0.15) is 0 Å². The van der Waals surface area contributed by atoms with Crippen LogP contribution in [0.5, 0.6) is 11.5 Å². The Kier molecular flexibility index (Phi) is 5.81. The van der Waals surface area contributed by atoms with Crippen molar-refractivity contribution in [3.63, 3.8) is 0 Å². The number of benzene rings is 2. The van der Waals surface area contributed by atoms with Crippen molar-refractivity contribution in [1.82, 2.24) is 10.6 Å². The van der Waals surface area contributed by atoms with Crippen LogP contribution in [0.4, 0.5) is 0 Å². The molecule has 2 aromatic carbocycles. The number of fused-ring (bicyclic) bond motifs is 1. The third-order valence-electron chi connectivity index (χ3n) is 4.87. The first-order chi connectivity index (χ1) is 14.2. The van der Waals surface area contributed by atoms with E-state index in [0.717, 1.165) is 28.4 Å². The highest BCUT2D eigenvalue weighted by molar-refractivity contribution is 5.78. The smallest absolute Gasteiger partial charge is 0.234 e. The molecule has 4 rings (SSSR count). The molecular weight excluding hydrogens is 368 g/mol. The molecule has 1 aromatic heterocycles. The van der Waals surface area contributed by atoms with E-state index in [1.165, 1.54) is 0 Å². The Morgan fingerprint density at radius 3 is 2.52 bits per heavy atom. The summed E-state index contributed by atoms with van der Waals surface area (Å²) in [6.45, 7) is 3.21. The lowest BCUT2D eigenvalue weighted by Gasteiger charge is -2.22. The zero-order valence-electron chi connectivity index (χ0n) is 16.3. The largest absolute Gasteiger partial charge is 0.486 e. The van der Waals surface area contributed by atoms with Gasteiger partial charge in [-0.05, 0) is 42.3 Å². The summed E-state index contributed by atoms with van der Waals surface area (Å²) in [6.07, 6.45) is 1.64. The third-order valence-corrected chi connectivity index (χ3v) is 4.87. The van der Waals surface area contributed by atoms with Gasteiger partial charge >= 0.3 is 0 Å². The molecule has 0 aliphatic carbocycles. The lowest BCUT2D eigenvalue weighted by atomic mass is 10.0. The summed E-state index contributed by atoms with van der Waals surface area (Å²) in [5.41, 5.74) is 2.00. The van der Waals surface area contributed by atoms with Crippen molar-refractivity contribution in [2.45, 2.75) is 19.0 Å². The SMILES string of the molecule is C[C@H](NC(=O)CN[C@@H](c1ccccc1)c1ccco1)c1ccc2c(c1)OCCO2. The van der Waals surface area contributed by atoms with Crippen molar-refractivity contribution >= 4 is 5.91 Å². The van der Waals surface area contributed by atoms with Gasteiger partial charge in [-0.15, -0.1) is 0 Å². The fourth-order valence-electron chi connectivity index (χ4n) is 3.38. The first kappa shape index (κ1) is 19.1. The molecule has 2 N–H and O–H groups in total. The first-order valence-corrected chi connectivity index (χ1v) is 9.71. The number of amides is 1. The molecule has 0 unspecified atom stereocenters. The van der Waals surface area contributed by atoms with Crippen LogP contribution in [0, 0.1) is 0 Å². The number of hydrogen-bond acceptors (Lipinski definition) is 5. The second-order valence-electron chi connectivity index (χ2n) is 6.93. The minimum absolute atomic E-state index is 0.0973. The van der Waals surface area contributed by atoms with Gasteiger partial charge in [-0.3, -0.25) is 10.1 Å². The molecule has 0 bridgehead atoms. The summed E-state index contributed by atoms with van der Waals surface area (Å²) in [7, 11) is 0. The van der Waals surface area contributed by atoms with E-state index >= 15 is 0 Å². The predicted molar refractivity (Wildman–Crippen MR) is 109 cm³/mol. The van der Waals surface area contributed by atoms with E-state index in [-0.39, 0.29) is 24.5 Å². The molecule has 150 valence electrons. The summed E-state index contributed by atoms with van der Waals surface area (Å²) in [6, 6.07) is 19.1. The van der Waals surface area contributed by atoms with E-state index in [9.17, 15) is 4.79 Å². The van der Waals surface area contributed by atoms with Crippen LogP contribution >= 0.6 is 0 Å². The Bertz CT molecular complexity index is 941. The van der Waals surface area contributed by atoms with Crippen molar-refractivity contribution in [3.8, 4) is 11.5 Å². The fraction of sp³-hybridized carbons (Fsp3) is 0.261. The lowest BCUT2D eigenvalue weighted by Crippen LogP contribution is -2.37. The van der Waals surface area contributed by atoms with Gasteiger partial charge in [0.15, 0.2) is 11.5 Å². The van der Waals surface area contributed by atoms with Gasteiger partial charge in [0.1, 0.15) is 19.0 Å². The van der Waals surface area contributed by atoms with Crippen molar-refractivity contribution in [2.75, 3.05) is 19.8 Å². The molecule has 1 aliphatic rings. The van der Waals surface area contributed by atoms with E-state index in [1.807, 2.05) is 67.6 Å². The summed E-state index contributed by atoms with van der Waals surface area (Å²) >= 11 is 0. The molecule has 3 aromatic rings. The van der Waals surface area contributed by atoms with Crippen LogP contribution in [-0.4, -0.2) is 25.7 Å². The van der Waals surface area contributed by atoms with Crippen molar-refractivity contribution in [2.24, 2.45) is 0 Å². The number of nitrogens with one attached hydrogen (secondary N) is 2. The Labute approximate surface area is 169 Å². The molecule has 0 fully saturated rings. The van der Waals surface area contributed by atoms with Gasteiger partial charge in [0.25, 0.3) is 0 Å². The van der Waals surface area contributed by atoms with E-state index < -0.39 is 0 Å². The molecule has 6 nitrogen and oxygen atoms in total. The van der Waals surface area contributed by atoms with Crippen molar-refractivity contribution < 1.29 is 18.7 Å². The Hall–Kier alpha value is -3.25. The van der Waals surface area contributed by atoms with Crippen molar-refractivity contribution in [1.29, 1.82) is 0 Å². The van der Waals surface area contributed by atoms with Crippen LogP contribution in [0.2, 0.25) is 0 Å². The second kappa shape index (κ2) is 8.84. The molecule has 0 saturated heterocycles. The average molecular weight is 392 g/mol. The summed E-state index contributed by atoms with van der Waals surface area (Å²) in [4.78, 5) is 12.6. The van der Waals surface area contributed by atoms with E-state index in [2.05, 4.69) is 10.6 Å². The maximum Gasteiger partial charge on any atom is 0.234 e. The molecule has 6 heteroatoms. The number of carbonyl (C=O) groups excluding carboxylic acids is 1.